The van der Waals surface area contributed by atoms with Gasteiger partial charge in [0.15, 0.2) is 28.3 Å². The Morgan fingerprint density at radius 1 is 0.883 bits per heavy atom. The van der Waals surface area contributed by atoms with Gasteiger partial charge in [0.1, 0.15) is 18.8 Å². The van der Waals surface area contributed by atoms with Crippen molar-refractivity contribution in [2.75, 3.05) is 36.7 Å². The van der Waals surface area contributed by atoms with Gasteiger partial charge < -0.3 is 44.3 Å². The molecule has 15 nitrogen and oxygen atoms in total. The van der Waals surface area contributed by atoms with Crippen molar-refractivity contribution >= 4 is 45.2 Å². The van der Waals surface area contributed by atoms with Crippen molar-refractivity contribution in [3.8, 4) is 0 Å². The van der Waals surface area contributed by atoms with Crippen molar-refractivity contribution in [1.82, 2.24) is 5.32 Å². The van der Waals surface area contributed by atoms with Crippen LogP contribution in [0.25, 0.3) is 0 Å². The lowest BCUT2D eigenvalue weighted by atomic mass is 9.69. The zero-order valence-electron chi connectivity index (χ0n) is 35.2. The van der Waals surface area contributed by atoms with Crippen molar-refractivity contribution in [2.24, 2.45) is 5.41 Å². The maximum Gasteiger partial charge on any atom is 0.321 e. The molecule has 0 radical (unpaired) electrons. The zero-order valence-corrected chi connectivity index (χ0v) is 36.0. The van der Waals surface area contributed by atoms with Gasteiger partial charge in [0.05, 0.1) is 23.4 Å². The molecule has 5 rings (SSSR count). The van der Waals surface area contributed by atoms with Crippen molar-refractivity contribution in [1.29, 1.82) is 0 Å². The summed E-state index contributed by atoms with van der Waals surface area (Å²) in [5.74, 6) is -3.06. The second-order valence-corrected chi connectivity index (χ2v) is 17.6. The first-order valence-electron chi connectivity index (χ1n) is 20.2. The number of carbonyl (C=O) groups excluding carboxylic acids is 4. The lowest BCUT2D eigenvalue weighted by molar-refractivity contribution is -0.260. The van der Waals surface area contributed by atoms with Crippen LogP contribution in [0.2, 0.25) is 0 Å². The minimum Gasteiger partial charge on any atom is -0.463 e. The highest BCUT2D eigenvalue weighted by atomic mass is 32.2. The van der Waals surface area contributed by atoms with Crippen LogP contribution in [0.1, 0.15) is 82.9 Å². The Balaban J connectivity index is 1.50. The minimum absolute atomic E-state index is 0.00171. The smallest absolute Gasteiger partial charge is 0.321 e. The van der Waals surface area contributed by atoms with E-state index < -0.39 is 81.9 Å². The third-order valence-corrected chi connectivity index (χ3v) is 13.1. The summed E-state index contributed by atoms with van der Waals surface area (Å²) in [7, 11) is -0.117. The lowest BCUT2D eigenvalue weighted by Crippen LogP contribution is -2.66. The molecule has 8 atom stereocenters. The first-order chi connectivity index (χ1) is 28.5. The number of aliphatic hydroxyl groups is 1. The number of fused-ring (bicyclic) bond motifs is 1. The van der Waals surface area contributed by atoms with Gasteiger partial charge in [-0.15, -0.1) is 0 Å². The van der Waals surface area contributed by atoms with E-state index in [0.29, 0.717) is 29.7 Å². The summed E-state index contributed by atoms with van der Waals surface area (Å²) in [6.45, 7) is 7.11. The fraction of sp³-hybridized carbons (Fsp3) is 0.500. The van der Waals surface area contributed by atoms with Gasteiger partial charge in [0.2, 0.25) is 0 Å². The highest BCUT2D eigenvalue weighted by Gasteiger charge is 2.52. The number of hydrogen-bond acceptors (Lipinski definition) is 13. The van der Waals surface area contributed by atoms with Gasteiger partial charge in [-0.2, -0.15) is 0 Å². The minimum atomic E-state index is -3.83. The van der Waals surface area contributed by atoms with E-state index >= 15 is 0 Å². The maximum atomic E-state index is 14.1. The molecule has 2 amide bonds. The molecule has 1 saturated heterocycles. The Kier molecular flexibility index (Phi) is 15.4. The number of aliphatic hydroxyl groups excluding tert-OH is 1. The number of urea groups is 1. The fourth-order valence-electron chi connectivity index (χ4n) is 8.09. The van der Waals surface area contributed by atoms with Crippen LogP contribution in [0.5, 0.6) is 0 Å². The molecule has 2 aliphatic rings. The molecule has 3 N–H and O–H groups in total. The Morgan fingerprint density at radius 3 is 2.22 bits per heavy atom. The van der Waals surface area contributed by atoms with E-state index in [9.17, 15) is 32.7 Å². The van der Waals surface area contributed by atoms with Crippen LogP contribution >= 0.6 is 0 Å². The summed E-state index contributed by atoms with van der Waals surface area (Å²) >= 11 is 0. The van der Waals surface area contributed by atoms with E-state index in [1.54, 1.807) is 42.5 Å². The number of unbranched alkanes of at least 4 members (excludes halogenated alkanes) is 1. The molecule has 326 valence electrons. The van der Waals surface area contributed by atoms with Crippen LogP contribution in [-0.4, -0.2) is 101 Å². The van der Waals surface area contributed by atoms with Gasteiger partial charge in [0.25, 0.3) is 0 Å². The SMILES string of the molecule is CCCC[C@]1(CC)CS(=O)(=O)c2ccc(N(C)C)cc2[C@@H](c2cccc(NC(=O)N[C@@H]3O[C@H](COC(C)=O)[C@@H](OC(C)=O)C(OCc4ccccc4)[C@H]3OC(C)=O)c2)[C@H]1O. The summed E-state index contributed by atoms with van der Waals surface area (Å²) in [6.07, 6.45) is -4.96. The van der Waals surface area contributed by atoms with Crippen LogP contribution in [0.15, 0.2) is 77.7 Å². The average molecular weight is 852 g/mol. The van der Waals surface area contributed by atoms with Crippen molar-refractivity contribution in [2.45, 2.75) is 114 Å². The molecule has 3 aromatic rings. The van der Waals surface area contributed by atoms with Gasteiger partial charge in [-0.05, 0) is 59.9 Å². The van der Waals surface area contributed by atoms with Crippen LogP contribution in [-0.2, 0) is 54.5 Å². The molecule has 2 aliphatic heterocycles. The number of benzene rings is 3. The molecule has 0 spiro atoms. The van der Waals surface area contributed by atoms with E-state index in [1.807, 2.05) is 63.2 Å². The van der Waals surface area contributed by atoms with E-state index in [1.165, 1.54) is 20.8 Å². The molecule has 0 saturated carbocycles. The molecule has 0 aliphatic carbocycles. The number of esters is 3. The number of ether oxygens (including phenoxy) is 5. The van der Waals surface area contributed by atoms with Gasteiger partial charge >= 0.3 is 23.9 Å². The predicted molar refractivity (Wildman–Crippen MR) is 223 cm³/mol. The number of nitrogens with zero attached hydrogens (tertiary/aromatic N) is 1. The van der Waals surface area contributed by atoms with E-state index in [4.69, 9.17) is 23.7 Å². The predicted octanol–water partition coefficient (Wildman–Crippen LogP) is 5.48. The molecule has 1 fully saturated rings. The quantitative estimate of drug-likeness (QED) is 0.129. The van der Waals surface area contributed by atoms with Crippen LogP contribution < -0.4 is 15.5 Å². The van der Waals surface area contributed by atoms with Crippen LogP contribution in [0, 0.1) is 5.41 Å². The van der Waals surface area contributed by atoms with Crippen LogP contribution in [0.3, 0.4) is 0 Å². The normalized spacial score (nSPS) is 25.8. The number of anilines is 2. The highest BCUT2D eigenvalue weighted by molar-refractivity contribution is 7.91. The molecule has 60 heavy (non-hydrogen) atoms. The van der Waals surface area contributed by atoms with Crippen LogP contribution in [0.4, 0.5) is 16.2 Å². The third kappa shape index (κ3) is 11.0. The van der Waals surface area contributed by atoms with E-state index in [0.717, 1.165) is 24.1 Å². The topological polar surface area (TPSA) is 196 Å². The summed E-state index contributed by atoms with van der Waals surface area (Å²) in [4.78, 5) is 52.7. The first kappa shape index (κ1) is 46.0. The lowest BCUT2D eigenvalue weighted by Gasteiger charge is -2.45. The first-order valence-corrected chi connectivity index (χ1v) is 21.8. The molecule has 16 heteroatoms. The van der Waals surface area contributed by atoms with Gasteiger partial charge in [-0.25, -0.2) is 13.2 Å². The van der Waals surface area contributed by atoms with Gasteiger partial charge in [-0.3, -0.25) is 14.4 Å². The monoisotopic (exact) mass is 851 g/mol. The van der Waals surface area contributed by atoms with E-state index in [-0.39, 0.29) is 23.9 Å². The summed E-state index contributed by atoms with van der Waals surface area (Å²) in [6, 6.07) is 20.3. The summed E-state index contributed by atoms with van der Waals surface area (Å²) in [5, 5.41) is 18.0. The maximum absolute atomic E-state index is 14.1. The second kappa shape index (κ2) is 20.0. The van der Waals surface area contributed by atoms with E-state index in [2.05, 4.69) is 10.6 Å². The Labute approximate surface area is 352 Å². The van der Waals surface area contributed by atoms with Crippen molar-refractivity contribution in [3.63, 3.8) is 0 Å². The fourth-order valence-corrected chi connectivity index (χ4v) is 10.3. The number of amides is 2. The third-order valence-electron chi connectivity index (χ3n) is 11.1. The Morgan fingerprint density at radius 2 is 1.58 bits per heavy atom. The molecule has 0 bridgehead atoms. The molecular formula is C44H57N3O12S. The Bertz CT molecular complexity index is 2100. The number of hydrogen-bond donors (Lipinski definition) is 3. The average Bonchev–Trinajstić information content (AvgIpc) is 3.26. The van der Waals surface area contributed by atoms with Gasteiger partial charge in [0, 0.05) is 57.6 Å². The Hall–Kier alpha value is -5.03. The van der Waals surface area contributed by atoms with Crippen molar-refractivity contribution < 1.29 is 56.4 Å². The number of rotatable bonds is 15. The highest BCUT2D eigenvalue weighted by Crippen LogP contribution is 2.49. The largest absolute Gasteiger partial charge is 0.463 e. The standard InChI is InChI=1S/C44H57N3O12S/c1-8-10-21-44(9-2)26-60(53,54)36-20-19-33(47(6)7)23-34(36)37(41(44)51)31-17-14-18-32(22-31)45-43(52)46-42-40(58-29(5)50)39(56-24-30-15-12-11-13-16-30)38(57-28(4)49)35(59-42)25-55-27(3)48/h11-20,22-23,35,37-42,51H,8-10,21,24-26H2,1-7H3,(H2,45,46,52)/t35-,37-,38-,39?,40-,41-,42-,44-/m1/s1. The second-order valence-electron chi connectivity index (χ2n) is 15.6. The number of carbonyl (C=O) groups is 4. The molecule has 3 aromatic carbocycles. The molecule has 0 aromatic heterocycles. The molecule has 2 heterocycles. The molecule has 1 unspecified atom stereocenters. The summed E-state index contributed by atoms with van der Waals surface area (Å²) < 4.78 is 57.3. The number of sulfone groups is 1. The zero-order chi connectivity index (χ0) is 43.8. The number of nitrogens with one attached hydrogen (secondary N) is 2. The molecular weight excluding hydrogens is 795 g/mol. The van der Waals surface area contributed by atoms with Crippen molar-refractivity contribution in [3.05, 3.63) is 89.5 Å². The summed E-state index contributed by atoms with van der Waals surface area (Å²) in [5.41, 5.74) is 1.91. The van der Waals surface area contributed by atoms with Gasteiger partial charge in [-0.1, -0.05) is 69.2 Å².